The number of piperazine rings is 1. The fraction of sp³-hybridized carbons (Fsp3) is 0.917. The molecule has 8 heteroatoms. The van der Waals surface area contributed by atoms with E-state index in [4.69, 9.17) is 18.5 Å². The number of nitrogens with one attached hydrogen (secondary N) is 1. The second-order valence-corrected chi connectivity index (χ2v) is 6.03. The largest absolute Gasteiger partial charge is 0.510 e. The molecule has 1 saturated heterocycles. The molecule has 1 atom stereocenters. The number of carbonyl (C=O) groups is 1. The van der Waals surface area contributed by atoms with E-state index in [2.05, 4.69) is 10.2 Å². The second kappa shape index (κ2) is 10.3. The molecule has 0 aliphatic carbocycles. The van der Waals surface area contributed by atoms with E-state index in [1.807, 2.05) is 6.92 Å². The number of carbonyl (C=O) groups excluding carboxylic acids is 1. The summed E-state index contributed by atoms with van der Waals surface area (Å²) >= 11 is 0. The number of rotatable bonds is 8. The predicted octanol–water partition coefficient (Wildman–Crippen LogP) is 1.73. The number of hydrogen-bond donors (Lipinski definition) is 1. The van der Waals surface area contributed by atoms with Gasteiger partial charge in [0, 0.05) is 26.2 Å². The first kappa shape index (κ1) is 17.6. The molecule has 0 amide bonds. The molecule has 0 saturated carbocycles. The van der Waals surface area contributed by atoms with Gasteiger partial charge in [-0.2, -0.15) is 0 Å². The van der Waals surface area contributed by atoms with Gasteiger partial charge in [-0.1, -0.05) is 0 Å². The van der Waals surface area contributed by atoms with Crippen LogP contribution in [0.1, 0.15) is 20.8 Å². The normalized spacial score (nSPS) is 18.0. The van der Waals surface area contributed by atoms with E-state index in [1.54, 1.807) is 13.8 Å². The standard InChI is InChI=1S/C12H25N2O5P/c1-4-17-20(9-14-7-5-13-6-8-14)18-10-16-12(15)19-11(2)3/h11,13H,4-10H2,1-3H3. The molecule has 20 heavy (non-hydrogen) atoms. The Morgan fingerprint density at radius 3 is 2.60 bits per heavy atom. The van der Waals surface area contributed by atoms with E-state index < -0.39 is 14.5 Å². The SMILES string of the molecule is CCOP(CN1CCNCC1)OCOC(=O)OC(C)C. The zero-order chi connectivity index (χ0) is 14.8. The van der Waals surface area contributed by atoms with Crippen LogP contribution in [-0.2, 0) is 18.5 Å². The van der Waals surface area contributed by atoms with E-state index in [0.717, 1.165) is 32.5 Å². The third-order valence-electron chi connectivity index (χ3n) is 2.50. The van der Waals surface area contributed by atoms with Crippen molar-refractivity contribution >= 4 is 14.5 Å². The molecule has 118 valence electrons. The first-order valence-electron chi connectivity index (χ1n) is 6.91. The van der Waals surface area contributed by atoms with Gasteiger partial charge >= 0.3 is 6.16 Å². The molecule has 1 fully saturated rings. The third-order valence-corrected chi connectivity index (χ3v) is 4.07. The van der Waals surface area contributed by atoms with E-state index in [0.29, 0.717) is 6.61 Å². The van der Waals surface area contributed by atoms with Gasteiger partial charge in [0.15, 0.2) is 8.38 Å². The van der Waals surface area contributed by atoms with Crippen molar-refractivity contribution in [3.05, 3.63) is 0 Å². The van der Waals surface area contributed by atoms with Gasteiger partial charge in [0.05, 0.1) is 19.0 Å². The zero-order valence-corrected chi connectivity index (χ0v) is 13.4. The molecule has 0 bridgehead atoms. The lowest BCUT2D eigenvalue weighted by molar-refractivity contribution is -0.00940. The van der Waals surface area contributed by atoms with Gasteiger partial charge in [-0.15, -0.1) is 0 Å². The van der Waals surface area contributed by atoms with Crippen LogP contribution in [0.4, 0.5) is 4.79 Å². The van der Waals surface area contributed by atoms with Crippen LogP contribution in [0.3, 0.4) is 0 Å². The van der Waals surface area contributed by atoms with Crippen LogP contribution in [-0.4, -0.2) is 63.0 Å². The van der Waals surface area contributed by atoms with Crippen LogP contribution in [0.5, 0.6) is 0 Å². The molecule has 7 nitrogen and oxygen atoms in total. The van der Waals surface area contributed by atoms with Crippen molar-refractivity contribution in [3.8, 4) is 0 Å². The maximum atomic E-state index is 11.2. The van der Waals surface area contributed by atoms with Gasteiger partial charge in [-0.3, -0.25) is 9.42 Å². The van der Waals surface area contributed by atoms with Crippen LogP contribution >= 0.6 is 8.38 Å². The molecule has 1 N–H and O–H groups in total. The lowest BCUT2D eigenvalue weighted by Crippen LogP contribution is -2.43. The smallest absolute Gasteiger partial charge is 0.432 e. The van der Waals surface area contributed by atoms with Gasteiger partial charge in [-0.25, -0.2) is 4.79 Å². The summed E-state index contributed by atoms with van der Waals surface area (Å²) in [5.74, 6) is 0. The van der Waals surface area contributed by atoms with Crippen molar-refractivity contribution < 1.29 is 23.3 Å². The molecule has 1 rings (SSSR count). The lowest BCUT2D eigenvalue weighted by Gasteiger charge is -2.29. The quantitative estimate of drug-likeness (QED) is 0.416. The van der Waals surface area contributed by atoms with Gasteiger partial charge in [0.25, 0.3) is 0 Å². The fourth-order valence-electron chi connectivity index (χ4n) is 1.64. The second-order valence-electron chi connectivity index (χ2n) is 4.57. The first-order valence-corrected chi connectivity index (χ1v) is 8.28. The maximum absolute atomic E-state index is 11.2. The highest BCUT2D eigenvalue weighted by Gasteiger charge is 2.18. The third kappa shape index (κ3) is 7.97. The van der Waals surface area contributed by atoms with Gasteiger partial charge in [0.1, 0.15) is 0 Å². The minimum atomic E-state index is -1.07. The Morgan fingerprint density at radius 2 is 2.00 bits per heavy atom. The summed E-state index contributed by atoms with van der Waals surface area (Å²) in [5, 5.41) is 3.29. The van der Waals surface area contributed by atoms with Crippen LogP contribution < -0.4 is 5.32 Å². The minimum Gasteiger partial charge on any atom is -0.432 e. The summed E-state index contributed by atoms with van der Waals surface area (Å²) in [6, 6.07) is 0. The summed E-state index contributed by atoms with van der Waals surface area (Å²) in [4.78, 5) is 13.5. The molecule has 0 radical (unpaired) electrons. The molecule has 0 aromatic heterocycles. The topological polar surface area (TPSA) is 69.3 Å². The van der Waals surface area contributed by atoms with Crippen LogP contribution in [0, 0.1) is 0 Å². The molecule has 0 spiro atoms. The van der Waals surface area contributed by atoms with Crippen molar-refractivity contribution in [3.63, 3.8) is 0 Å². The van der Waals surface area contributed by atoms with Crippen molar-refractivity contribution in [1.82, 2.24) is 10.2 Å². The Hall–Kier alpha value is -0.460. The summed E-state index contributed by atoms with van der Waals surface area (Å²) in [6.07, 6.45) is -0.182. The van der Waals surface area contributed by atoms with Crippen molar-refractivity contribution in [2.24, 2.45) is 0 Å². The lowest BCUT2D eigenvalue weighted by atomic mass is 10.4. The number of ether oxygens (including phenoxy) is 2. The Balaban J connectivity index is 2.22. The van der Waals surface area contributed by atoms with Gasteiger partial charge < -0.3 is 19.3 Å². The monoisotopic (exact) mass is 308 g/mol. The molecule has 0 aromatic carbocycles. The molecular formula is C12H25N2O5P. The van der Waals surface area contributed by atoms with Crippen LogP contribution in [0.25, 0.3) is 0 Å². The molecule has 1 aliphatic rings. The summed E-state index contributed by atoms with van der Waals surface area (Å²) in [5.41, 5.74) is 0. The van der Waals surface area contributed by atoms with Crippen molar-refractivity contribution in [1.29, 1.82) is 0 Å². The predicted molar refractivity (Wildman–Crippen MR) is 76.5 cm³/mol. The fourth-order valence-corrected chi connectivity index (χ4v) is 2.94. The Bertz CT molecular complexity index is 275. The molecular weight excluding hydrogens is 283 g/mol. The summed E-state index contributed by atoms with van der Waals surface area (Å²) in [6.45, 7) is 9.80. The maximum Gasteiger partial charge on any atom is 0.510 e. The molecule has 1 aliphatic heterocycles. The van der Waals surface area contributed by atoms with Gasteiger partial charge in [-0.05, 0) is 20.8 Å². The highest BCUT2D eigenvalue weighted by Crippen LogP contribution is 2.38. The summed E-state index contributed by atoms with van der Waals surface area (Å²) < 4.78 is 20.7. The molecule has 0 aromatic rings. The molecule has 1 heterocycles. The zero-order valence-electron chi connectivity index (χ0n) is 12.5. The van der Waals surface area contributed by atoms with Gasteiger partial charge in [0.2, 0.25) is 6.79 Å². The Morgan fingerprint density at radius 1 is 1.30 bits per heavy atom. The van der Waals surface area contributed by atoms with E-state index in [1.165, 1.54) is 0 Å². The van der Waals surface area contributed by atoms with Crippen LogP contribution in [0.15, 0.2) is 0 Å². The number of nitrogens with zero attached hydrogens (tertiary/aromatic N) is 1. The Labute approximate surface area is 121 Å². The van der Waals surface area contributed by atoms with Crippen LogP contribution in [0.2, 0.25) is 0 Å². The van der Waals surface area contributed by atoms with E-state index in [-0.39, 0.29) is 12.9 Å². The Kier molecular flexibility index (Phi) is 9.05. The van der Waals surface area contributed by atoms with E-state index in [9.17, 15) is 4.79 Å². The highest BCUT2D eigenvalue weighted by molar-refractivity contribution is 7.47. The van der Waals surface area contributed by atoms with Crippen molar-refractivity contribution in [2.75, 3.05) is 45.9 Å². The number of hydrogen-bond acceptors (Lipinski definition) is 7. The van der Waals surface area contributed by atoms with Crippen molar-refractivity contribution in [2.45, 2.75) is 26.9 Å². The highest BCUT2D eigenvalue weighted by atomic mass is 31.2. The van der Waals surface area contributed by atoms with E-state index >= 15 is 0 Å². The molecule has 1 unspecified atom stereocenters. The average molecular weight is 308 g/mol. The average Bonchev–Trinajstić information content (AvgIpc) is 2.39. The first-order chi connectivity index (χ1) is 9.61. The summed E-state index contributed by atoms with van der Waals surface area (Å²) in [7, 11) is -1.07. The minimum absolute atomic E-state index is 0.136.